The minimum absolute atomic E-state index is 0.129. The lowest BCUT2D eigenvalue weighted by molar-refractivity contribution is 0.0892. The van der Waals surface area contributed by atoms with Crippen molar-refractivity contribution < 1.29 is 14.3 Å². The Hall–Kier alpha value is -3.87. The number of carbonyl (C=O) groups excluding carboxylic acids is 2. The van der Waals surface area contributed by atoms with Crippen LogP contribution in [0.3, 0.4) is 0 Å². The summed E-state index contributed by atoms with van der Waals surface area (Å²) in [4.78, 5) is 37.4. The second-order valence-corrected chi connectivity index (χ2v) is 7.78. The van der Waals surface area contributed by atoms with Crippen molar-refractivity contribution in [2.24, 2.45) is 0 Å². The number of benzene rings is 2. The Kier molecular flexibility index (Phi) is 6.35. The van der Waals surface area contributed by atoms with Gasteiger partial charge < -0.3 is 15.4 Å². The standard InChI is InChI=1S/C25H25N3O4/c1-32-20-14-10-18(11-15-20)25(31)27-22-6-4-5-21(22)26-24(30)17-8-12-19(13-9-17)28-16-3-2-7-23(28)29/h2-3,7-16,21-22H,4-6H2,1H3,(H,26,30)(H,27,31)/t21-,22?/m0/s1. The van der Waals surface area contributed by atoms with Crippen LogP contribution in [-0.2, 0) is 0 Å². The summed E-state index contributed by atoms with van der Waals surface area (Å²) in [5.41, 5.74) is 1.61. The summed E-state index contributed by atoms with van der Waals surface area (Å²) in [6, 6.07) is 18.5. The van der Waals surface area contributed by atoms with E-state index in [2.05, 4.69) is 10.6 Å². The normalized spacial score (nSPS) is 17.5. The lowest BCUT2D eigenvalue weighted by Gasteiger charge is -2.22. The van der Waals surface area contributed by atoms with E-state index in [1.165, 1.54) is 10.6 Å². The number of pyridine rings is 1. The van der Waals surface area contributed by atoms with Crippen molar-refractivity contribution in [1.29, 1.82) is 0 Å². The molecule has 4 rings (SSSR count). The third-order valence-electron chi connectivity index (χ3n) is 5.73. The zero-order valence-corrected chi connectivity index (χ0v) is 17.8. The van der Waals surface area contributed by atoms with E-state index in [-0.39, 0.29) is 29.5 Å². The molecule has 1 fully saturated rings. The Morgan fingerprint density at radius 1 is 0.844 bits per heavy atom. The zero-order valence-electron chi connectivity index (χ0n) is 17.8. The van der Waals surface area contributed by atoms with Crippen LogP contribution in [0.15, 0.2) is 77.7 Å². The molecule has 1 saturated carbocycles. The third kappa shape index (κ3) is 4.72. The molecule has 0 spiro atoms. The Balaban J connectivity index is 1.39. The van der Waals surface area contributed by atoms with Gasteiger partial charge >= 0.3 is 0 Å². The zero-order chi connectivity index (χ0) is 22.5. The predicted molar refractivity (Wildman–Crippen MR) is 121 cm³/mol. The number of methoxy groups -OCH3 is 1. The van der Waals surface area contributed by atoms with E-state index in [9.17, 15) is 14.4 Å². The number of rotatable bonds is 6. The number of amides is 2. The molecule has 0 radical (unpaired) electrons. The van der Waals surface area contributed by atoms with E-state index < -0.39 is 0 Å². The third-order valence-corrected chi connectivity index (χ3v) is 5.73. The van der Waals surface area contributed by atoms with E-state index in [0.717, 1.165) is 19.3 Å². The van der Waals surface area contributed by atoms with Gasteiger partial charge in [-0.3, -0.25) is 19.0 Å². The molecule has 1 heterocycles. The van der Waals surface area contributed by atoms with Crippen LogP contribution in [0, 0.1) is 0 Å². The van der Waals surface area contributed by atoms with Crippen molar-refractivity contribution in [3.63, 3.8) is 0 Å². The molecule has 0 saturated heterocycles. The van der Waals surface area contributed by atoms with Gasteiger partial charge in [-0.25, -0.2) is 0 Å². The van der Waals surface area contributed by atoms with E-state index in [0.29, 0.717) is 22.6 Å². The van der Waals surface area contributed by atoms with Gasteiger partial charge in [0, 0.05) is 41.2 Å². The number of nitrogens with one attached hydrogen (secondary N) is 2. The molecule has 164 valence electrons. The van der Waals surface area contributed by atoms with Gasteiger partial charge in [0.05, 0.1) is 7.11 Å². The maximum absolute atomic E-state index is 12.8. The van der Waals surface area contributed by atoms with Gasteiger partial charge in [0.15, 0.2) is 0 Å². The van der Waals surface area contributed by atoms with Crippen molar-refractivity contribution in [3.05, 3.63) is 94.4 Å². The maximum atomic E-state index is 12.8. The Bertz CT molecular complexity index is 1150. The second-order valence-electron chi connectivity index (χ2n) is 7.78. The van der Waals surface area contributed by atoms with Gasteiger partial charge in [-0.15, -0.1) is 0 Å². The molecular weight excluding hydrogens is 406 g/mol. The van der Waals surface area contributed by atoms with Gasteiger partial charge in [-0.1, -0.05) is 6.07 Å². The molecule has 3 aromatic rings. The Morgan fingerprint density at radius 3 is 1.94 bits per heavy atom. The summed E-state index contributed by atoms with van der Waals surface area (Å²) in [7, 11) is 1.58. The fourth-order valence-corrected chi connectivity index (χ4v) is 3.97. The topological polar surface area (TPSA) is 89.4 Å². The first-order chi connectivity index (χ1) is 15.5. The quantitative estimate of drug-likeness (QED) is 0.628. The van der Waals surface area contributed by atoms with Crippen LogP contribution < -0.4 is 20.9 Å². The summed E-state index contributed by atoms with van der Waals surface area (Å²) in [6.07, 6.45) is 4.22. The molecule has 1 aliphatic carbocycles. The molecule has 2 amide bonds. The smallest absolute Gasteiger partial charge is 0.255 e. The van der Waals surface area contributed by atoms with Gasteiger partial charge in [0.2, 0.25) is 0 Å². The predicted octanol–water partition coefficient (Wildman–Crippen LogP) is 2.93. The van der Waals surface area contributed by atoms with E-state index >= 15 is 0 Å². The monoisotopic (exact) mass is 431 g/mol. The van der Waals surface area contributed by atoms with Crippen LogP contribution in [0.5, 0.6) is 5.75 Å². The van der Waals surface area contributed by atoms with Gasteiger partial charge in [-0.2, -0.15) is 0 Å². The first kappa shape index (κ1) is 21.4. The molecule has 32 heavy (non-hydrogen) atoms. The number of nitrogens with zero attached hydrogens (tertiary/aromatic N) is 1. The van der Waals surface area contributed by atoms with Gasteiger partial charge in [0.25, 0.3) is 17.4 Å². The van der Waals surface area contributed by atoms with Gasteiger partial charge in [0.1, 0.15) is 5.75 Å². The average Bonchev–Trinajstić information content (AvgIpc) is 3.25. The van der Waals surface area contributed by atoms with Crippen LogP contribution in [0.1, 0.15) is 40.0 Å². The first-order valence-corrected chi connectivity index (χ1v) is 10.6. The Morgan fingerprint density at radius 2 is 1.41 bits per heavy atom. The molecule has 0 bridgehead atoms. The molecule has 2 N–H and O–H groups in total. The van der Waals surface area contributed by atoms with Crippen LogP contribution in [-0.4, -0.2) is 35.6 Å². The number of hydrogen-bond donors (Lipinski definition) is 2. The van der Waals surface area contributed by atoms with Gasteiger partial charge in [-0.05, 0) is 73.9 Å². The molecule has 2 atom stereocenters. The summed E-state index contributed by atoms with van der Waals surface area (Å²) in [5, 5.41) is 6.09. The van der Waals surface area contributed by atoms with E-state index in [4.69, 9.17) is 4.74 Å². The fourth-order valence-electron chi connectivity index (χ4n) is 3.97. The Labute approximate surface area is 186 Å². The molecule has 7 heteroatoms. The lowest BCUT2D eigenvalue weighted by Crippen LogP contribution is -2.48. The van der Waals surface area contributed by atoms with E-state index in [1.807, 2.05) is 0 Å². The highest BCUT2D eigenvalue weighted by atomic mass is 16.5. The highest BCUT2D eigenvalue weighted by molar-refractivity contribution is 5.95. The SMILES string of the molecule is COc1ccc(C(=O)NC2CCC[C@@H]2NC(=O)c2ccc(-n3ccccc3=O)cc2)cc1. The van der Waals surface area contributed by atoms with Crippen molar-refractivity contribution in [1.82, 2.24) is 15.2 Å². The number of hydrogen-bond acceptors (Lipinski definition) is 4. The van der Waals surface area contributed by atoms with Crippen LogP contribution in [0.25, 0.3) is 5.69 Å². The summed E-state index contributed by atoms with van der Waals surface area (Å²) in [6.45, 7) is 0. The largest absolute Gasteiger partial charge is 0.497 e. The molecule has 0 aliphatic heterocycles. The average molecular weight is 431 g/mol. The lowest BCUT2D eigenvalue weighted by atomic mass is 10.1. The molecule has 1 aliphatic rings. The number of carbonyl (C=O) groups is 2. The minimum Gasteiger partial charge on any atom is -0.497 e. The molecule has 1 aromatic heterocycles. The summed E-state index contributed by atoms with van der Waals surface area (Å²) < 4.78 is 6.64. The minimum atomic E-state index is -0.201. The van der Waals surface area contributed by atoms with E-state index in [1.54, 1.807) is 74.0 Å². The van der Waals surface area contributed by atoms with Crippen molar-refractivity contribution in [2.75, 3.05) is 7.11 Å². The first-order valence-electron chi connectivity index (χ1n) is 10.6. The number of ether oxygens (including phenoxy) is 1. The summed E-state index contributed by atoms with van der Waals surface area (Å²) in [5.74, 6) is 0.319. The van der Waals surface area contributed by atoms with Crippen molar-refractivity contribution in [2.45, 2.75) is 31.3 Å². The highest BCUT2D eigenvalue weighted by Crippen LogP contribution is 2.21. The molecule has 7 nitrogen and oxygen atoms in total. The van der Waals surface area contributed by atoms with Crippen LogP contribution in [0.4, 0.5) is 0 Å². The molecular formula is C25H25N3O4. The highest BCUT2D eigenvalue weighted by Gasteiger charge is 2.30. The van der Waals surface area contributed by atoms with Crippen LogP contribution >= 0.6 is 0 Å². The second kappa shape index (κ2) is 9.51. The molecule has 1 unspecified atom stereocenters. The molecule has 2 aromatic carbocycles. The summed E-state index contributed by atoms with van der Waals surface area (Å²) >= 11 is 0. The van der Waals surface area contributed by atoms with Crippen molar-refractivity contribution >= 4 is 11.8 Å². The van der Waals surface area contributed by atoms with Crippen molar-refractivity contribution in [3.8, 4) is 11.4 Å². The fraction of sp³-hybridized carbons (Fsp3) is 0.240. The maximum Gasteiger partial charge on any atom is 0.255 e. The van der Waals surface area contributed by atoms with Crippen LogP contribution in [0.2, 0.25) is 0 Å². The number of aromatic nitrogens is 1.